The summed E-state index contributed by atoms with van der Waals surface area (Å²) in [5.41, 5.74) is 0.816. The van der Waals surface area contributed by atoms with Crippen molar-refractivity contribution in [3.8, 4) is 0 Å². The van der Waals surface area contributed by atoms with Crippen molar-refractivity contribution in [3.05, 3.63) is 29.8 Å². The van der Waals surface area contributed by atoms with Gasteiger partial charge in [0.05, 0.1) is 30.6 Å². The first-order valence-corrected chi connectivity index (χ1v) is 13.2. The fraction of sp³-hybridized carbons (Fsp3) is 0.600. The van der Waals surface area contributed by atoms with E-state index in [1.165, 1.54) is 12.1 Å². The molecule has 1 fully saturated rings. The molecule has 0 spiro atoms. The molecule has 0 aromatic heterocycles. The van der Waals surface area contributed by atoms with Crippen LogP contribution in [0.5, 0.6) is 0 Å². The molecule has 0 bridgehead atoms. The molecule has 166 valence electrons. The lowest BCUT2D eigenvalue weighted by Crippen LogP contribution is -2.45. The van der Waals surface area contributed by atoms with E-state index in [0.717, 1.165) is 11.8 Å². The first-order valence-electron chi connectivity index (χ1n) is 8.20. The second kappa shape index (κ2) is 8.93. The zero-order chi connectivity index (χ0) is 22.0. The Morgan fingerprint density at radius 3 is 2.17 bits per heavy atom. The molecular weight excluding hydrogens is 452 g/mol. The van der Waals surface area contributed by atoms with Gasteiger partial charge in [-0.2, -0.15) is 25.3 Å². The van der Waals surface area contributed by atoms with Crippen LogP contribution >= 0.6 is 0 Å². The SMILES string of the molecule is Cc1ccc(S(=O)(=O)OC[C@@H](OS(C)(=O)=O)[C@H]2OC[C@@H](O)[C@H]2OS(C)(=O)=O)cc1. The van der Waals surface area contributed by atoms with Crippen molar-refractivity contribution in [1.82, 2.24) is 0 Å². The van der Waals surface area contributed by atoms with Crippen molar-refractivity contribution < 1.29 is 47.6 Å². The molecule has 1 N–H and O–H groups in total. The summed E-state index contributed by atoms with van der Waals surface area (Å²) >= 11 is 0. The zero-order valence-electron chi connectivity index (χ0n) is 15.8. The molecule has 4 atom stereocenters. The van der Waals surface area contributed by atoms with Crippen molar-refractivity contribution in [2.45, 2.75) is 36.2 Å². The van der Waals surface area contributed by atoms with E-state index in [2.05, 4.69) is 0 Å². The summed E-state index contributed by atoms with van der Waals surface area (Å²) in [6, 6.07) is 5.71. The van der Waals surface area contributed by atoms with Gasteiger partial charge < -0.3 is 9.84 Å². The standard InChI is InChI=1S/C15H22O11S3/c1-10-4-6-11(7-5-10)29(21,22)24-9-13(25-27(2,17)18)15-14(12(16)8-23-15)26-28(3,19)20/h4-7,12-16H,8-9H2,1-3H3/t12-,13-,14-,15-/m1/s1. The van der Waals surface area contributed by atoms with Gasteiger partial charge in [0.25, 0.3) is 30.4 Å². The van der Waals surface area contributed by atoms with E-state index in [1.54, 1.807) is 19.1 Å². The number of hydrogen-bond acceptors (Lipinski definition) is 11. The Labute approximate surface area is 169 Å². The molecule has 29 heavy (non-hydrogen) atoms. The predicted octanol–water partition coefficient (Wildman–Crippen LogP) is -0.850. The molecule has 11 nitrogen and oxygen atoms in total. The second-order valence-corrected chi connectivity index (χ2v) is 11.3. The van der Waals surface area contributed by atoms with Crippen LogP contribution in [-0.2, 0) is 47.6 Å². The van der Waals surface area contributed by atoms with Gasteiger partial charge in [0, 0.05) is 0 Å². The average Bonchev–Trinajstić information content (AvgIpc) is 2.90. The van der Waals surface area contributed by atoms with Crippen LogP contribution in [0.3, 0.4) is 0 Å². The van der Waals surface area contributed by atoms with Gasteiger partial charge in [0.2, 0.25) is 0 Å². The van der Waals surface area contributed by atoms with E-state index in [-0.39, 0.29) is 11.5 Å². The van der Waals surface area contributed by atoms with Crippen molar-refractivity contribution in [2.24, 2.45) is 0 Å². The minimum atomic E-state index is -4.28. The fourth-order valence-electron chi connectivity index (χ4n) is 2.59. The maximum atomic E-state index is 12.4. The highest BCUT2D eigenvalue weighted by Crippen LogP contribution is 2.26. The van der Waals surface area contributed by atoms with E-state index in [9.17, 15) is 30.4 Å². The molecule has 1 aliphatic rings. The molecule has 1 saturated heterocycles. The Bertz CT molecular complexity index is 1010. The summed E-state index contributed by atoms with van der Waals surface area (Å²) in [4.78, 5) is -0.169. The van der Waals surface area contributed by atoms with Gasteiger partial charge >= 0.3 is 0 Å². The Balaban J connectivity index is 2.25. The summed E-state index contributed by atoms with van der Waals surface area (Å²) in [6.07, 6.45) is -4.50. The quantitative estimate of drug-likeness (QED) is 0.444. The first-order chi connectivity index (χ1) is 13.2. The number of rotatable bonds is 9. The Kier molecular flexibility index (Phi) is 7.44. The summed E-state index contributed by atoms with van der Waals surface area (Å²) in [7, 11) is -12.4. The number of benzene rings is 1. The number of hydrogen-bond donors (Lipinski definition) is 1. The van der Waals surface area contributed by atoms with Crippen molar-refractivity contribution >= 4 is 30.4 Å². The molecule has 14 heteroatoms. The van der Waals surface area contributed by atoms with Crippen LogP contribution in [0, 0.1) is 6.92 Å². The van der Waals surface area contributed by atoms with Crippen LogP contribution in [0.1, 0.15) is 5.56 Å². The van der Waals surface area contributed by atoms with Gasteiger partial charge in [-0.25, -0.2) is 0 Å². The topological polar surface area (TPSA) is 160 Å². The van der Waals surface area contributed by atoms with Gasteiger partial charge in [-0.05, 0) is 19.1 Å². The molecular formula is C15H22O11S3. The highest BCUT2D eigenvalue weighted by Gasteiger charge is 2.46. The number of ether oxygens (including phenoxy) is 1. The Hall–Kier alpha value is -1.13. The normalized spacial score (nSPS) is 24.5. The molecule has 2 rings (SSSR count). The largest absolute Gasteiger partial charge is 0.388 e. The summed E-state index contributed by atoms with van der Waals surface area (Å²) in [6.45, 7) is 0.557. The average molecular weight is 475 g/mol. The minimum Gasteiger partial charge on any atom is -0.388 e. The lowest BCUT2D eigenvalue weighted by atomic mass is 10.1. The van der Waals surface area contributed by atoms with Crippen LogP contribution in [-0.4, -0.2) is 80.5 Å². The molecule has 1 aromatic rings. The number of aliphatic hydroxyl groups is 1. The molecule has 1 heterocycles. The Morgan fingerprint density at radius 2 is 1.66 bits per heavy atom. The summed E-state index contributed by atoms with van der Waals surface area (Å²) in [5.74, 6) is 0. The van der Waals surface area contributed by atoms with Crippen molar-refractivity contribution in [2.75, 3.05) is 25.7 Å². The summed E-state index contributed by atoms with van der Waals surface area (Å²) < 4.78 is 90.5. The van der Waals surface area contributed by atoms with E-state index in [0.29, 0.717) is 6.26 Å². The maximum Gasteiger partial charge on any atom is 0.297 e. The van der Waals surface area contributed by atoms with Crippen LogP contribution in [0.15, 0.2) is 29.2 Å². The molecule has 0 saturated carbocycles. The highest BCUT2D eigenvalue weighted by atomic mass is 32.2. The lowest BCUT2D eigenvalue weighted by Gasteiger charge is -2.26. The van der Waals surface area contributed by atoms with E-state index >= 15 is 0 Å². The van der Waals surface area contributed by atoms with Crippen molar-refractivity contribution in [3.63, 3.8) is 0 Å². The third-order valence-electron chi connectivity index (χ3n) is 3.81. The summed E-state index contributed by atoms with van der Waals surface area (Å²) in [5, 5.41) is 9.92. The van der Waals surface area contributed by atoms with E-state index in [1.807, 2.05) is 0 Å². The molecule has 0 radical (unpaired) electrons. The van der Waals surface area contributed by atoms with Crippen LogP contribution in [0.4, 0.5) is 0 Å². The fourth-order valence-corrected chi connectivity index (χ4v) is 4.76. The monoisotopic (exact) mass is 474 g/mol. The second-order valence-electron chi connectivity index (χ2n) is 6.52. The molecule has 1 aromatic carbocycles. The minimum absolute atomic E-state index is 0.169. The van der Waals surface area contributed by atoms with E-state index < -0.39 is 61.4 Å². The van der Waals surface area contributed by atoms with Crippen LogP contribution in [0.2, 0.25) is 0 Å². The van der Waals surface area contributed by atoms with Gasteiger partial charge in [-0.3, -0.25) is 12.5 Å². The van der Waals surface area contributed by atoms with Gasteiger partial charge in [-0.15, -0.1) is 0 Å². The van der Waals surface area contributed by atoms with E-state index in [4.69, 9.17) is 17.3 Å². The Morgan fingerprint density at radius 1 is 1.07 bits per heavy atom. The smallest absolute Gasteiger partial charge is 0.297 e. The van der Waals surface area contributed by atoms with Gasteiger partial charge in [0.1, 0.15) is 24.4 Å². The zero-order valence-corrected chi connectivity index (χ0v) is 18.2. The highest BCUT2D eigenvalue weighted by molar-refractivity contribution is 7.87. The third-order valence-corrected chi connectivity index (χ3v) is 6.27. The van der Waals surface area contributed by atoms with Crippen molar-refractivity contribution in [1.29, 1.82) is 0 Å². The number of aliphatic hydroxyl groups excluding tert-OH is 1. The lowest BCUT2D eigenvalue weighted by molar-refractivity contribution is -0.0408. The van der Waals surface area contributed by atoms with Crippen LogP contribution in [0.25, 0.3) is 0 Å². The number of aryl methyl sites for hydroxylation is 1. The first kappa shape index (κ1) is 24.1. The molecule has 0 unspecified atom stereocenters. The maximum absolute atomic E-state index is 12.4. The van der Waals surface area contributed by atoms with Crippen LogP contribution < -0.4 is 0 Å². The third kappa shape index (κ3) is 7.25. The molecule has 0 amide bonds. The van der Waals surface area contributed by atoms with Gasteiger partial charge in [0.15, 0.2) is 0 Å². The predicted molar refractivity (Wildman–Crippen MR) is 99.5 cm³/mol. The molecule has 0 aliphatic carbocycles. The van der Waals surface area contributed by atoms with Gasteiger partial charge in [-0.1, -0.05) is 17.7 Å². The molecule has 1 aliphatic heterocycles.